The Morgan fingerprint density at radius 2 is 1.81 bits per heavy atom. The van der Waals surface area contributed by atoms with Gasteiger partial charge in [-0.15, -0.1) is 0 Å². The van der Waals surface area contributed by atoms with Crippen LogP contribution in [0.2, 0.25) is 0 Å². The van der Waals surface area contributed by atoms with Crippen LogP contribution >= 0.6 is 0 Å². The molecule has 0 bridgehead atoms. The summed E-state index contributed by atoms with van der Waals surface area (Å²) in [7, 11) is -1.81. The van der Waals surface area contributed by atoms with E-state index < -0.39 is 16.1 Å². The summed E-state index contributed by atoms with van der Waals surface area (Å²) in [4.78, 5) is 20.7. The van der Waals surface area contributed by atoms with Crippen LogP contribution in [0.15, 0.2) is 90.1 Å². The molecule has 1 amide bonds. The van der Waals surface area contributed by atoms with E-state index in [-0.39, 0.29) is 28.1 Å². The monoisotopic (exact) mass is 582 g/mol. The number of amides is 1. The smallest absolute Gasteiger partial charge is 0.241 e. The van der Waals surface area contributed by atoms with Crippen molar-refractivity contribution in [2.75, 3.05) is 4.90 Å². The van der Waals surface area contributed by atoms with Crippen molar-refractivity contribution < 1.29 is 13.2 Å². The predicted molar refractivity (Wildman–Crippen MR) is 165 cm³/mol. The van der Waals surface area contributed by atoms with Gasteiger partial charge in [0.1, 0.15) is 5.82 Å². The molecule has 1 fully saturated rings. The Bertz CT molecular complexity index is 1710. The van der Waals surface area contributed by atoms with Gasteiger partial charge < -0.3 is 9.47 Å². The lowest BCUT2D eigenvalue weighted by molar-refractivity contribution is -0.120. The van der Waals surface area contributed by atoms with Gasteiger partial charge in [-0.1, -0.05) is 67.9 Å². The Labute approximate surface area is 248 Å². The van der Waals surface area contributed by atoms with Gasteiger partial charge in [0, 0.05) is 37.1 Å². The zero-order valence-corrected chi connectivity index (χ0v) is 25.4. The number of benzene rings is 3. The first-order valence-electron chi connectivity index (χ1n) is 14.6. The summed E-state index contributed by atoms with van der Waals surface area (Å²) < 4.78 is 31.8. The number of sulfonamides is 1. The number of rotatable bonds is 8. The van der Waals surface area contributed by atoms with Gasteiger partial charge in [0.05, 0.1) is 11.4 Å². The van der Waals surface area contributed by atoms with Crippen LogP contribution in [0.4, 0.5) is 5.69 Å². The summed E-state index contributed by atoms with van der Waals surface area (Å²) in [5.41, 5.74) is 4.86. The molecule has 0 radical (unpaired) electrons. The Hall–Kier alpha value is -3.75. The molecule has 42 heavy (non-hydrogen) atoms. The highest BCUT2D eigenvalue weighted by molar-refractivity contribution is 7.89. The third-order valence-corrected chi connectivity index (χ3v) is 10.4. The maximum Gasteiger partial charge on any atom is 0.241 e. The van der Waals surface area contributed by atoms with Crippen molar-refractivity contribution in [2.24, 2.45) is 13.0 Å². The second-order valence-corrected chi connectivity index (χ2v) is 14.1. The van der Waals surface area contributed by atoms with Crippen LogP contribution in [-0.2, 0) is 33.8 Å². The number of carbonyl (C=O) groups excluding carboxylic acids is 1. The molecule has 1 saturated carbocycles. The van der Waals surface area contributed by atoms with Gasteiger partial charge in [-0.2, -0.15) is 0 Å². The molecule has 8 heteroatoms. The van der Waals surface area contributed by atoms with E-state index in [4.69, 9.17) is 0 Å². The molecule has 0 spiro atoms. The minimum absolute atomic E-state index is 0.0682. The van der Waals surface area contributed by atoms with E-state index in [0.717, 1.165) is 41.0 Å². The predicted octanol–water partition coefficient (Wildman–Crippen LogP) is 6.16. The minimum atomic E-state index is -3.74. The van der Waals surface area contributed by atoms with Crippen molar-refractivity contribution in [1.29, 1.82) is 0 Å². The SMILES string of the molecule is Cc1ccc(S(=O)(=O)N[C@@H]2CCC(C)(C)c3ccc(N(Cc4nccn4C)C(=O)[C@H]4C[C@@H]4c4ccccc4)cc32)cc1. The lowest BCUT2D eigenvalue weighted by Gasteiger charge is -2.38. The molecule has 3 aromatic carbocycles. The second kappa shape index (κ2) is 10.8. The molecule has 0 saturated heterocycles. The zero-order chi connectivity index (χ0) is 29.6. The first kappa shape index (κ1) is 28.4. The minimum Gasteiger partial charge on any atom is -0.337 e. The van der Waals surface area contributed by atoms with E-state index in [0.29, 0.717) is 13.0 Å². The number of nitrogens with one attached hydrogen (secondary N) is 1. The Balaban J connectivity index is 1.36. The van der Waals surface area contributed by atoms with Crippen LogP contribution < -0.4 is 9.62 Å². The molecule has 0 aliphatic heterocycles. The molecule has 1 N–H and O–H groups in total. The average molecular weight is 583 g/mol. The highest BCUT2D eigenvalue weighted by Crippen LogP contribution is 2.49. The van der Waals surface area contributed by atoms with Crippen LogP contribution in [0, 0.1) is 12.8 Å². The van der Waals surface area contributed by atoms with E-state index in [1.54, 1.807) is 18.3 Å². The summed E-state index contributed by atoms with van der Waals surface area (Å²) in [5.74, 6) is 0.956. The highest BCUT2D eigenvalue weighted by atomic mass is 32.2. The van der Waals surface area contributed by atoms with E-state index in [1.165, 1.54) is 5.56 Å². The fourth-order valence-corrected chi connectivity index (χ4v) is 7.49. The number of anilines is 1. The lowest BCUT2D eigenvalue weighted by Crippen LogP contribution is -2.37. The summed E-state index contributed by atoms with van der Waals surface area (Å²) in [5, 5.41) is 0. The fourth-order valence-electron chi connectivity index (χ4n) is 6.24. The number of aryl methyl sites for hydroxylation is 2. The summed E-state index contributed by atoms with van der Waals surface area (Å²) in [6.07, 6.45) is 5.95. The highest BCUT2D eigenvalue weighted by Gasteiger charge is 2.46. The van der Waals surface area contributed by atoms with Crippen molar-refractivity contribution in [2.45, 2.75) is 68.8 Å². The Morgan fingerprint density at radius 3 is 2.50 bits per heavy atom. The number of aromatic nitrogens is 2. The maximum absolute atomic E-state index is 14.1. The van der Waals surface area contributed by atoms with Gasteiger partial charge in [-0.25, -0.2) is 18.1 Å². The first-order valence-corrected chi connectivity index (χ1v) is 16.1. The van der Waals surface area contributed by atoms with E-state index >= 15 is 0 Å². The van der Waals surface area contributed by atoms with Crippen LogP contribution in [0.25, 0.3) is 0 Å². The molecule has 7 nitrogen and oxygen atoms in total. The summed E-state index contributed by atoms with van der Waals surface area (Å²) in [6.45, 7) is 6.66. The number of carbonyl (C=O) groups is 1. The van der Waals surface area contributed by atoms with Crippen LogP contribution in [0.3, 0.4) is 0 Å². The molecule has 2 aliphatic rings. The Morgan fingerprint density at radius 1 is 1.07 bits per heavy atom. The molecule has 3 atom stereocenters. The Kier molecular flexibility index (Phi) is 7.31. The van der Waals surface area contributed by atoms with Crippen molar-refractivity contribution in [3.8, 4) is 0 Å². The van der Waals surface area contributed by atoms with Gasteiger partial charge in [0.2, 0.25) is 15.9 Å². The molecule has 1 aromatic heterocycles. The van der Waals surface area contributed by atoms with Crippen molar-refractivity contribution >= 4 is 21.6 Å². The van der Waals surface area contributed by atoms with Gasteiger partial charge in [0.15, 0.2) is 0 Å². The first-order chi connectivity index (χ1) is 20.0. The molecule has 0 unspecified atom stereocenters. The maximum atomic E-state index is 14.1. The average Bonchev–Trinajstić information content (AvgIpc) is 3.68. The van der Waals surface area contributed by atoms with Crippen molar-refractivity contribution in [1.82, 2.24) is 14.3 Å². The third kappa shape index (κ3) is 5.53. The van der Waals surface area contributed by atoms with Gasteiger partial charge in [0.25, 0.3) is 0 Å². The van der Waals surface area contributed by atoms with E-state index in [2.05, 4.69) is 41.8 Å². The van der Waals surface area contributed by atoms with Gasteiger partial charge >= 0.3 is 0 Å². The third-order valence-electron chi connectivity index (χ3n) is 8.96. The molecule has 6 rings (SSSR count). The molecule has 218 valence electrons. The fraction of sp³-hybridized carbons (Fsp3) is 0.353. The second-order valence-electron chi connectivity index (χ2n) is 12.4. The number of hydrogen-bond acceptors (Lipinski definition) is 4. The number of hydrogen-bond donors (Lipinski definition) is 1. The van der Waals surface area contributed by atoms with E-state index in [9.17, 15) is 13.2 Å². The topological polar surface area (TPSA) is 84.3 Å². The number of imidazole rings is 1. The molecular formula is C34H38N4O3S. The zero-order valence-electron chi connectivity index (χ0n) is 24.6. The lowest BCUT2D eigenvalue weighted by atomic mass is 9.71. The molecular weight excluding hydrogens is 544 g/mol. The van der Waals surface area contributed by atoms with Gasteiger partial charge in [-0.3, -0.25) is 4.79 Å². The molecule has 2 aliphatic carbocycles. The molecule has 1 heterocycles. The van der Waals surface area contributed by atoms with Crippen LogP contribution in [0.5, 0.6) is 0 Å². The quantitative estimate of drug-likeness (QED) is 0.270. The molecule has 4 aromatic rings. The standard InChI is InChI=1S/C34H38N4O3S/c1-23-10-13-26(14-11-23)42(40,41)36-31-16-17-34(2,3)30-15-12-25(20-29(30)31)38(22-32-35-18-19-37(32)4)33(39)28-21-27(28)24-8-6-5-7-9-24/h5-15,18-20,27-28,31,36H,16-17,21-22H2,1-4H3/t27-,28+,31-/m1/s1. The van der Waals surface area contributed by atoms with E-state index in [1.807, 2.05) is 72.1 Å². The largest absolute Gasteiger partial charge is 0.337 e. The van der Waals surface area contributed by atoms with Gasteiger partial charge in [-0.05, 0) is 78.5 Å². The van der Waals surface area contributed by atoms with Crippen molar-refractivity contribution in [3.63, 3.8) is 0 Å². The normalized spacial score (nSPS) is 21.0. The number of fused-ring (bicyclic) bond motifs is 1. The van der Waals surface area contributed by atoms with Crippen molar-refractivity contribution in [3.05, 3.63) is 113 Å². The van der Waals surface area contributed by atoms with Crippen LogP contribution in [0.1, 0.15) is 73.1 Å². The summed E-state index contributed by atoms with van der Waals surface area (Å²) in [6, 6.07) is 22.8. The summed E-state index contributed by atoms with van der Waals surface area (Å²) >= 11 is 0. The van der Waals surface area contributed by atoms with Crippen LogP contribution in [-0.4, -0.2) is 23.9 Å². The number of nitrogens with zero attached hydrogens (tertiary/aromatic N) is 3.